The minimum atomic E-state index is -0.690. The summed E-state index contributed by atoms with van der Waals surface area (Å²) in [6.45, 7) is -0.428. The van der Waals surface area contributed by atoms with Crippen molar-refractivity contribution in [1.29, 1.82) is 0 Å². The summed E-state index contributed by atoms with van der Waals surface area (Å²) in [5.41, 5.74) is 2.03. The molecule has 0 bridgehead atoms. The average molecular weight is 474 g/mol. The van der Waals surface area contributed by atoms with E-state index in [-0.39, 0.29) is 23.9 Å². The molecule has 1 heterocycles. The molecule has 0 unspecified atom stereocenters. The minimum Gasteiger partial charge on any atom is -0.497 e. The molecule has 35 heavy (non-hydrogen) atoms. The molecule has 1 N–H and O–H groups in total. The van der Waals surface area contributed by atoms with E-state index in [1.54, 1.807) is 54.6 Å². The van der Waals surface area contributed by atoms with Gasteiger partial charge in [0.2, 0.25) is 0 Å². The lowest BCUT2D eigenvalue weighted by molar-refractivity contribution is -0.119. The van der Waals surface area contributed by atoms with Gasteiger partial charge in [-0.1, -0.05) is 24.3 Å². The standard InChI is InChI=1S/C26H22N2O7/c1-33-18-11-12-22(34-2)21(13-18)27-23(29)15-35-26(32)17-9-7-16(8-10-17)14-28-24(30)19-5-3-4-6-20(19)25(28)31/h3-13H,14-15H2,1-2H3,(H,27,29). The van der Waals surface area contributed by atoms with Crippen LogP contribution in [0.3, 0.4) is 0 Å². The molecule has 0 saturated carbocycles. The van der Waals surface area contributed by atoms with Crippen LogP contribution in [0.25, 0.3) is 0 Å². The van der Waals surface area contributed by atoms with Crippen LogP contribution in [0.2, 0.25) is 0 Å². The summed E-state index contributed by atoms with van der Waals surface area (Å²) >= 11 is 0. The summed E-state index contributed by atoms with van der Waals surface area (Å²) in [6.07, 6.45) is 0. The van der Waals surface area contributed by atoms with Crippen molar-refractivity contribution in [2.45, 2.75) is 6.54 Å². The molecule has 0 spiro atoms. The fourth-order valence-electron chi connectivity index (χ4n) is 3.62. The number of nitrogens with one attached hydrogen (secondary N) is 1. The van der Waals surface area contributed by atoms with E-state index >= 15 is 0 Å². The third kappa shape index (κ3) is 4.98. The topological polar surface area (TPSA) is 111 Å². The summed E-state index contributed by atoms with van der Waals surface area (Å²) in [4.78, 5) is 50.8. The maximum absolute atomic E-state index is 12.5. The van der Waals surface area contributed by atoms with E-state index in [0.717, 1.165) is 4.90 Å². The van der Waals surface area contributed by atoms with Crippen LogP contribution in [-0.4, -0.2) is 49.4 Å². The fraction of sp³-hybridized carbons (Fsp3) is 0.154. The van der Waals surface area contributed by atoms with Gasteiger partial charge in [-0.05, 0) is 42.0 Å². The molecule has 3 aromatic carbocycles. The molecule has 3 aromatic rings. The molecule has 0 aliphatic carbocycles. The number of imide groups is 1. The molecule has 0 fully saturated rings. The van der Waals surface area contributed by atoms with Crippen molar-refractivity contribution in [2.24, 2.45) is 0 Å². The van der Waals surface area contributed by atoms with Gasteiger partial charge in [-0.3, -0.25) is 19.3 Å². The summed E-state index contributed by atoms with van der Waals surface area (Å²) in [5, 5.41) is 2.62. The van der Waals surface area contributed by atoms with Crippen LogP contribution in [0, 0.1) is 0 Å². The number of nitrogens with zero attached hydrogens (tertiary/aromatic N) is 1. The Bertz CT molecular complexity index is 1270. The molecule has 0 aromatic heterocycles. The number of anilines is 1. The minimum absolute atomic E-state index is 0.0758. The number of fused-ring (bicyclic) bond motifs is 1. The van der Waals surface area contributed by atoms with Gasteiger partial charge in [-0.25, -0.2) is 4.79 Å². The second-order valence-electron chi connectivity index (χ2n) is 7.63. The van der Waals surface area contributed by atoms with E-state index in [9.17, 15) is 19.2 Å². The van der Waals surface area contributed by atoms with Crippen LogP contribution < -0.4 is 14.8 Å². The second-order valence-corrected chi connectivity index (χ2v) is 7.63. The van der Waals surface area contributed by atoms with Crippen molar-refractivity contribution in [3.63, 3.8) is 0 Å². The Morgan fingerprint density at radius 3 is 2.11 bits per heavy atom. The second kappa shape index (κ2) is 10.1. The first-order chi connectivity index (χ1) is 16.9. The van der Waals surface area contributed by atoms with E-state index in [1.807, 2.05) is 0 Å². The predicted octanol–water partition coefficient (Wildman–Crippen LogP) is 3.30. The average Bonchev–Trinajstić information content (AvgIpc) is 3.12. The maximum Gasteiger partial charge on any atom is 0.338 e. The number of methoxy groups -OCH3 is 2. The number of ether oxygens (including phenoxy) is 3. The zero-order valence-corrected chi connectivity index (χ0v) is 19.1. The Balaban J connectivity index is 1.33. The molecule has 1 aliphatic heterocycles. The van der Waals surface area contributed by atoms with Crippen molar-refractivity contribution in [1.82, 2.24) is 4.90 Å². The monoisotopic (exact) mass is 474 g/mol. The smallest absolute Gasteiger partial charge is 0.338 e. The van der Waals surface area contributed by atoms with Crippen molar-refractivity contribution in [3.05, 3.63) is 89.0 Å². The SMILES string of the molecule is COc1ccc(OC)c(NC(=O)COC(=O)c2ccc(CN3C(=O)c4ccccc4C3=O)cc2)c1. The Hall–Kier alpha value is -4.66. The number of carbonyl (C=O) groups is 4. The van der Waals surface area contributed by atoms with Crippen LogP contribution in [0.5, 0.6) is 11.5 Å². The summed E-state index contributed by atoms with van der Waals surface area (Å²) in [6, 6.07) is 17.9. The van der Waals surface area contributed by atoms with E-state index in [2.05, 4.69) is 5.32 Å². The molecule has 0 radical (unpaired) electrons. The van der Waals surface area contributed by atoms with Gasteiger partial charge in [0, 0.05) is 6.07 Å². The predicted molar refractivity (Wildman–Crippen MR) is 126 cm³/mol. The van der Waals surface area contributed by atoms with Crippen molar-refractivity contribution in [3.8, 4) is 11.5 Å². The molecule has 0 saturated heterocycles. The lowest BCUT2D eigenvalue weighted by atomic mass is 10.1. The molecule has 1 aliphatic rings. The fourth-order valence-corrected chi connectivity index (χ4v) is 3.62. The van der Waals surface area contributed by atoms with Crippen LogP contribution >= 0.6 is 0 Å². The van der Waals surface area contributed by atoms with Crippen molar-refractivity contribution < 1.29 is 33.4 Å². The number of hydrogen-bond acceptors (Lipinski definition) is 7. The van der Waals surface area contributed by atoms with E-state index in [1.165, 1.54) is 26.4 Å². The Morgan fingerprint density at radius 1 is 0.857 bits per heavy atom. The first-order valence-electron chi connectivity index (χ1n) is 10.6. The molecule has 178 valence electrons. The van der Waals surface area contributed by atoms with Crippen LogP contribution in [0.15, 0.2) is 66.7 Å². The lowest BCUT2D eigenvalue weighted by Gasteiger charge is -2.14. The molecule has 3 amide bonds. The molecule has 9 heteroatoms. The normalized spacial score (nSPS) is 12.2. The van der Waals surface area contributed by atoms with E-state index < -0.39 is 18.5 Å². The van der Waals surface area contributed by atoms with Gasteiger partial charge < -0.3 is 19.5 Å². The largest absolute Gasteiger partial charge is 0.497 e. The maximum atomic E-state index is 12.5. The highest BCUT2D eigenvalue weighted by Gasteiger charge is 2.34. The zero-order valence-electron chi connectivity index (χ0n) is 19.1. The third-order valence-corrected chi connectivity index (χ3v) is 5.42. The van der Waals surface area contributed by atoms with Gasteiger partial charge in [-0.2, -0.15) is 0 Å². The van der Waals surface area contributed by atoms with Crippen LogP contribution in [0.1, 0.15) is 36.6 Å². The Kier molecular flexibility index (Phi) is 6.77. The van der Waals surface area contributed by atoms with Gasteiger partial charge in [0.1, 0.15) is 11.5 Å². The summed E-state index contributed by atoms with van der Waals surface area (Å²) in [5.74, 6) is -0.990. The lowest BCUT2D eigenvalue weighted by Crippen LogP contribution is -2.29. The van der Waals surface area contributed by atoms with Gasteiger partial charge in [0.05, 0.1) is 43.1 Å². The van der Waals surface area contributed by atoms with Crippen molar-refractivity contribution in [2.75, 3.05) is 26.1 Å². The first-order valence-corrected chi connectivity index (χ1v) is 10.6. The highest BCUT2D eigenvalue weighted by molar-refractivity contribution is 6.21. The Morgan fingerprint density at radius 2 is 1.51 bits per heavy atom. The van der Waals surface area contributed by atoms with Gasteiger partial charge >= 0.3 is 5.97 Å². The Labute approximate surface area is 201 Å². The molecule has 4 rings (SSSR count). The summed E-state index contributed by atoms with van der Waals surface area (Å²) < 4.78 is 15.4. The number of benzene rings is 3. The quantitative estimate of drug-likeness (QED) is 0.394. The van der Waals surface area contributed by atoms with Crippen LogP contribution in [-0.2, 0) is 16.1 Å². The van der Waals surface area contributed by atoms with E-state index in [4.69, 9.17) is 14.2 Å². The number of esters is 1. The molecule has 0 atom stereocenters. The van der Waals surface area contributed by atoms with Gasteiger partial charge in [0.15, 0.2) is 6.61 Å². The zero-order chi connectivity index (χ0) is 24.9. The first kappa shape index (κ1) is 23.5. The van der Waals surface area contributed by atoms with E-state index in [0.29, 0.717) is 33.9 Å². The number of rotatable bonds is 8. The molecule has 9 nitrogen and oxygen atoms in total. The summed E-state index contributed by atoms with van der Waals surface area (Å²) in [7, 11) is 2.97. The molecular weight excluding hydrogens is 452 g/mol. The van der Waals surface area contributed by atoms with Crippen LogP contribution in [0.4, 0.5) is 5.69 Å². The number of carbonyl (C=O) groups excluding carboxylic acids is 4. The number of amides is 3. The van der Waals surface area contributed by atoms with Crippen molar-refractivity contribution >= 4 is 29.4 Å². The highest BCUT2D eigenvalue weighted by Crippen LogP contribution is 2.29. The van der Waals surface area contributed by atoms with Gasteiger partial charge in [-0.15, -0.1) is 0 Å². The van der Waals surface area contributed by atoms with Gasteiger partial charge in [0.25, 0.3) is 17.7 Å². The number of hydrogen-bond donors (Lipinski definition) is 1. The third-order valence-electron chi connectivity index (χ3n) is 5.42. The highest BCUT2D eigenvalue weighted by atomic mass is 16.5. The molecular formula is C26H22N2O7.